The maximum absolute atomic E-state index is 12.1. The van der Waals surface area contributed by atoms with Crippen LogP contribution in [-0.2, 0) is 0 Å². The molecule has 0 nitrogen and oxygen atoms in total. The molecule has 0 aromatic heterocycles. The largest absolute Gasteiger partial charge is 0.251 e. The summed E-state index contributed by atoms with van der Waals surface area (Å²) in [5.41, 5.74) is 0. The zero-order valence-electron chi connectivity index (χ0n) is 13.3. The molecule has 0 unspecified atom stereocenters. The van der Waals surface area contributed by atoms with Gasteiger partial charge in [-0.1, -0.05) is 44.8 Å². The number of hydrogen-bond donors (Lipinski definition) is 0. The predicted molar refractivity (Wildman–Crippen MR) is 85.5 cm³/mol. The molecule has 2 rings (SSSR count). The lowest BCUT2D eigenvalue weighted by Gasteiger charge is -2.37. The average Bonchev–Trinajstić information content (AvgIpc) is 2.49. The predicted octanol–water partition coefficient (Wildman–Crippen LogP) is 6.32. The molecule has 0 amide bonds. The van der Waals surface area contributed by atoms with Gasteiger partial charge in [-0.25, -0.2) is 0 Å². The third-order valence-corrected chi connectivity index (χ3v) is 5.76. The number of alkyl halides is 1. The molecule has 2 aliphatic rings. The van der Waals surface area contributed by atoms with Gasteiger partial charge in [-0.05, 0) is 68.6 Å². The van der Waals surface area contributed by atoms with Crippen LogP contribution in [0.2, 0.25) is 0 Å². The summed E-state index contributed by atoms with van der Waals surface area (Å²) >= 11 is 0. The van der Waals surface area contributed by atoms with Crippen molar-refractivity contribution in [3.8, 4) is 0 Å². The van der Waals surface area contributed by atoms with Crippen molar-refractivity contribution < 1.29 is 4.39 Å². The standard InChI is InChI=1S/C19H33F/c1-2-5-16-7-11-18(12-8-16)19-13-9-17(10-14-19)6-3-4-15-20/h3,6,16-19H,2,4-5,7-15H2,1H3/t16-,17-,18-,19-. The fraction of sp³-hybridized carbons (Fsp3) is 0.895. The topological polar surface area (TPSA) is 0 Å². The van der Waals surface area contributed by atoms with Crippen LogP contribution in [0, 0.1) is 23.7 Å². The van der Waals surface area contributed by atoms with Gasteiger partial charge in [0.15, 0.2) is 0 Å². The molecule has 0 heterocycles. The molecule has 0 spiro atoms. The van der Waals surface area contributed by atoms with Crippen molar-refractivity contribution in [1.82, 2.24) is 0 Å². The van der Waals surface area contributed by atoms with Crippen molar-refractivity contribution in [1.29, 1.82) is 0 Å². The molecule has 0 atom stereocenters. The van der Waals surface area contributed by atoms with Gasteiger partial charge in [0, 0.05) is 0 Å². The van der Waals surface area contributed by atoms with Crippen molar-refractivity contribution in [2.24, 2.45) is 23.7 Å². The van der Waals surface area contributed by atoms with E-state index in [-0.39, 0.29) is 6.67 Å². The first kappa shape index (κ1) is 16.0. The van der Waals surface area contributed by atoms with E-state index in [1.54, 1.807) is 0 Å². The summed E-state index contributed by atoms with van der Waals surface area (Å²) in [6.07, 6.45) is 19.3. The maximum atomic E-state index is 12.1. The van der Waals surface area contributed by atoms with Crippen molar-refractivity contribution >= 4 is 0 Å². The summed E-state index contributed by atoms with van der Waals surface area (Å²) in [4.78, 5) is 0. The van der Waals surface area contributed by atoms with E-state index in [1.807, 2.05) is 0 Å². The third-order valence-electron chi connectivity index (χ3n) is 5.76. The molecule has 0 saturated heterocycles. The molecule has 0 aliphatic heterocycles. The first-order valence-electron chi connectivity index (χ1n) is 9.06. The van der Waals surface area contributed by atoms with Crippen molar-refractivity contribution in [3.05, 3.63) is 12.2 Å². The summed E-state index contributed by atoms with van der Waals surface area (Å²) in [7, 11) is 0. The van der Waals surface area contributed by atoms with Gasteiger partial charge in [-0.3, -0.25) is 4.39 Å². The number of hydrogen-bond acceptors (Lipinski definition) is 0. The second-order valence-corrected chi connectivity index (χ2v) is 7.15. The van der Waals surface area contributed by atoms with Crippen LogP contribution in [0.1, 0.15) is 77.6 Å². The highest BCUT2D eigenvalue weighted by Crippen LogP contribution is 2.42. The zero-order valence-corrected chi connectivity index (χ0v) is 13.3. The Morgan fingerprint density at radius 2 is 1.50 bits per heavy atom. The highest BCUT2D eigenvalue weighted by Gasteiger charge is 2.29. The average molecular weight is 280 g/mol. The van der Waals surface area contributed by atoms with Gasteiger partial charge in [0.1, 0.15) is 0 Å². The Kier molecular flexibility index (Phi) is 7.10. The molecular formula is C19H33F. The Morgan fingerprint density at radius 1 is 0.900 bits per heavy atom. The van der Waals surface area contributed by atoms with E-state index in [0.717, 1.165) is 23.7 Å². The minimum atomic E-state index is -0.202. The van der Waals surface area contributed by atoms with E-state index in [2.05, 4.69) is 19.1 Å². The molecule has 0 bridgehead atoms. The van der Waals surface area contributed by atoms with Crippen LogP contribution in [0.25, 0.3) is 0 Å². The van der Waals surface area contributed by atoms with E-state index in [9.17, 15) is 4.39 Å². The second kappa shape index (κ2) is 8.85. The number of rotatable bonds is 6. The molecule has 20 heavy (non-hydrogen) atoms. The number of allylic oxidation sites excluding steroid dienone is 2. The van der Waals surface area contributed by atoms with Crippen LogP contribution in [0.5, 0.6) is 0 Å². The van der Waals surface area contributed by atoms with Gasteiger partial charge >= 0.3 is 0 Å². The highest BCUT2D eigenvalue weighted by atomic mass is 19.1. The van der Waals surface area contributed by atoms with Crippen LogP contribution in [0.15, 0.2) is 12.2 Å². The third kappa shape index (κ3) is 4.90. The Hall–Kier alpha value is -0.330. The van der Waals surface area contributed by atoms with Gasteiger partial charge in [0.05, 0.1) is 6.67 Å². The van der Waals surface area contributed by atoms with E-state index in [1.165, 1.54) is 64.2 Å². The van der Waals surface area contributed by atoms with Crippen molar-refractivity contribution in [3.63, 3.8) is 0 Å². The summed E-state index contributed by atoms with van der Waals surface area (Å²) in [5, 5.41) is 0. The smallest absolute Gasteiger partial charge is 0.0928 e. The monoisotopic (exact) mass is 280 g/mol. The van der Waals surface area contributed by atoms with Crippen LogP contribution >= 0.6 is 0 Å². The van der Waals surface area contributed by atoms with Crippen LogP contribution in [0.4, 0.5) is 4.39 Å². The maximum Gasteiger partial charge on any atom is 0.0928 e. The molecular weight excluding hydrogens is 247 g/mol. The lowest BCUT2D eigenvalue weighted by Crippen LogP contribution is -2.25. The van der Waals surface area contributed by atoms with Gasteiger partial charge in [0.2, 0.25) is 0 Å². The Bertz CT molecular complexity index is 267. The fourth-order valence-corrected chi connectivity index (χ4v) is 4.52. The van der Waals surface area contributed by atoms with E-state index in [4.69, 9.17) is 0 Å². The molecule has 0 N–H and O–H groups in total. The Morgan fingerprint density at radius 3 is 2.05 bits per heavy atom. The number of halogens is 1. The van der Waals surface area contributed by atoms with Gasteiger partial charge in [-0.15, -0.1) is 0 Å². The molecule has 2 fully saturated rings. The van der Waals surface area contributed by atoms with Crippen molar-refractivity contribution in [2.45, 2.75) is 77.6 Å². The minimum absolute atomic E-state index is 0.202. The molecule has 0 radical (unpaired) electrons. The lowest BCUT2D eigenvalue weighted by molar-refractivity contribution is 0.152. The fourth-order valence-electron chi connectivity index (χ4n) is 4.52. The zero-order chi connectivity index (χ0) is 14.2. The summed E-state index contributed by atoms with van der Waals surface area (Å²) in [6, 6.07) is 0. The Balaban J connectivity index is 1.67. The second-order valence-electron chi connectivity index (χ2n) is 7.15. The van der Waals surface area contributed by atoms with Crippen LogP contribution < -0.4 is 0 Å². The highest BCUT2D eigenvalue weighted by molar-refractivity contribution is 4.92. The van der Waals surface area contributed by atoms with E-state index >= 15 is 0 Å². The molecule has 0 aromatic carbocycles. The first-order valence-corrected chi connectivity index (χ1v) is 9.06. The quantitative estimate of drug-likeness (QED) is 0.500. The first-order chi connectivity index (χ1) is 9.83. The lowest BCUT2D eigenvalue weighted by atomic mass is 9.68. The van der Waals surface area contributed by atoms with Crippen LogP contribution in [0.3, 0.4) is 0 Å². The minimum Gasteiger partial charge on any atom is -0.251 e. The van der Waals surface area contributed by atoms with Gasteiger partial charge in [0.25, 0.3) is 0 Å². The van der Waals surface area contributed by atoms with E-state index in [0.29, 0.717) is 6.42 Å². The summed E-state index contributed by atoms with van der Waals surface area (Å²) < 4.78 is 12.1. The summed E-state index contributed by atoms with van der Waals surface area (Å²) in [5.74, 6) is 3.81. The Labute approximate surface area is 125 Å². The SMILES string of the molecule is CCC[C@H]1CC[C@H]([C@H]2CC[C@H](C=CCCF)CC2)CC1. The molecule has 2 saturated carbocycles. The summed E-state index contributed by atoms with van der Waals surface area (Å²) in [6.45, 7) is 2.12. The van der Waals surface area contributed by atoms with Gasteiger partial charge in [-0.2, -0.15) is 0 Å². The molecule has 2 aliphatic carbocycles. The molecule has 1 heteroatoms. The van der Waals surface area contributed by atoms with Crippen LogP contribution in [-0.4, -0.2) is 6.67 Å². The van der Waals surface area contributed by atoms with Crippen molar-refractivity contribution in [2.75, 3.05) is 6.67 Å². The normalized spacial score (nSPS) is 35.5. The molecule has 116 valence electrons. The van der Waals surface area contributed by atoms with E-state index < -0.39 is 0 Å². The molecule has 0 aromatic rings. The van der Waals surface area contributed by atoms with Gasteiger partial charge < -0.3 is 0 Å².